The molecule has 1 aliphatic heterocycles. The zero-order valence-corrected chi connectivity index (χ0v) is 23.9. The number of benzene rings is 1. The fourth-order valence-electron chi connectivity index (χ4n) is 7.66. The van der Waals surface area contributed by atoms with E-state index in [-0.39, 0.29) is 16.9 Å². The van der Waals surface area contributed by atoms with E-state index in [1.54, 1.807) is 5.57 Å². The molecule has 2 saturated carbocycles. The highest BCUT2D eigenvalue weighted by atomic mass is 16.5. The van der Waals surface area contributed by atoms with Gasteiger partial charge in [-0.05, 0) is 111 Å². The first-order chi connectivity index (χ1) is 18.1. The van der Waals surface area contributed by atoms with E-state index in [1.807, 2.05) is 13.0 Å². The van der Waals surface area contributed by atoms with Crippen LogP contribution in [0.5, 0.6) is 0 Å². The summed E-state index contributed by atoms with van der Waals surface area (Å²) < 4.78 is 4.89. The molecule has 4 heteroatoms. The van der Waals surface area contributed by atoms with Gasteiger partial charge in [0, 0.05) is 31.1 Å². The van der Waals surface area contributed by atoms with E-state index < -0.39 is 0 Å². The van der Waals surface area contributed by atoms with Crippen molar-refractivity contribution in [3.63, 3.8) is 0 Å². The number of carbonyl (C=O) groups is 1. The first-order valence-electron chi connectivity index (χ1n) is 14.6. The summed E-state index contributed by atoms with van der Waals surface area (Å²) in [4.78, 5) is 14.4. The molecule has 6 rings (SSSR count). The van der Waals surface area contributed by atoms with Gasteiger partial charge in [0.25, 0.3) is 0 Å². The minimum absolute atomic E-state index is 0.00150. The Hall–Kier alpha value is -2.35. The summed E-state index contributed by atoms with van der Waals surface area (Å²) in [6, 6.07) is 9.63. The number of ketones is 1. The smallest absolute Gasteiger partial charge is 0.156 e. The maximum atomic E-state index is 12.1. The summed E-state index contributed by atoms with van der Waals surface area (Å²) in [7, 11) is 2.15. The van der Waals surface area contributed by atoms with Gasteiger partial charge >= 0.3 is 0 Å². The maximum Gasteiger partial charge on any atom is 0.156 e. The van der Waals surface area contributed by atoms with Crippen LogP contribution in [-0.4, -0.2) is 43.3 Å². The number of nitrogens with zero attached hydrogens (tertiary/aromatic N) is 1. The monoisotopic (exact) mass is 515 g/mol. The van der Waals surface area contributed by atoms with Crippen molar-refractivity contribution < 1.29 is 14.6 Å². The molecule has 1 N–H and O–H groups in total. The second kappa shape index (κ2) is 10.3. The van der Waals surface area contributed by atoms with Gasteiger partial charge in [-0.3, -0.25) is 4.79 Å². The number of fused-ring (bicyclic) bond motifs is 4. The Kier molecular flexibility index (Phi) is 7.40. The van der Waals surface area contributed by atoms with Crippen LogP contribution in [0.3, 0.4) is 0 Å². The molecule has 0 spiro atoms. The third-order valence-electron chi connectivity index (χ3n) is 10.3. The van der Waals surface area contributed by atoms with E-state index in [0.717, 1.165) is 51.7 Å². The number of ether oxygens (including phenoxy) is 1. The molecule has 1 aromatic carbocycles. The van der Waals surface area contributed by atoms with E-state index in [1.165, 1.54) is 22.4 Å². The van der Waals surface area contributed by atoms with E-state index in [9.17, 15) is 9.90 Å². The molecule has 5 atom stereocenters. The molecule has 4 aliphatic carbocycles. The lowest BCUT2D eigenvalue weighted by atomic mass is 9.53. The minimum atomic E-state index is -0.192. The van der Waals surface area contributed by atoms with Crippen LogP contribution < -0.4 is 4.90 Å². The van der Waals surface area contributed by atoms with Crippen LogP contribution >= 0.6 is 0 Å². The molecule has 38 heavy (non-hydrogen) atoms. The van der Waals surface area contributed by atoms with Crippen molar-refractivity contribution in [1.29, 1.82) is 0 Å². The maximum absolute atomic E-state index is 12.1. The fraction of sp³-hybridized carbons (Fsp3) is 0.618. The number of anilines is 1. The Balaban J connectivity index is 0.000000366. The van der Waals surface area contributed by atoms with Crippen LogP contribution in [0.15, 0.2) is 47.1 Å². The summed E-state index contributed by atoms with van der Waals surface area (Å²) in [6.45, 7) is 10.3. The molecule has 5 aliphatic rings. The SMILES string of the molecule is C#CC1(C)COC1.CC(C)N(C)c1ccc(C2CC3(C)C(O)CCC3C3CCC4=CC(=O)CCC4=C23)cc1. The van der Waals surface area contributed by atoms with Gasteiger partial charge in [0.15, 0.2) is 5.78 Å². The van der Waals surface area contributed by atoms with Gasteiger partial charge in [-0.25, -0.2) is 0 Å². The molecule has 1 heterocycles. The second-order valence-electron chi connectivity index (χ2n) is 13.2. The van der Waals surface area contributed by atoms with Crippen LogP contribution in [0.2, 0.25) is 0 Å². The lowest BCUT2D eigenvalue weighted by Crippen LogP contribution is -2.45. The zero-order valence-electron chi connectivity index (χ0n) is 23.9. The van der Waals surface area contributed by atoms with Gasteiger partial charge in [0.05, 0.1) is 24.7 Å². The van der Waals surface area contributed by atoms with Crippen molar-refractivity contribution in [1.82, 2.24) is 0 Å². The fourth-order valence-corrected chi connectivity index (χ4v) is 7.66. The van der Waals surface area contributed by atoms with E-state index >= 15 is 0 Å². The molecule has 0 radical (unpaired) electrons. The molecule has 4 nitrogen and oxygen atoms in total. The summed E-state index contributed by atoms with van der Waals surface area (Å²) in [5.41, 5.74) is 7.12. The molecule has 5 unspecified atom stereocenters. The summed E-state index contributed by atoms with van der Waals surface area (Å²) in [5.74, 6) is 4.43. The van der Waals surface area contributed by atoms with E-state index in [2.05, 4.69) is 62.9 Å². The summed E-state index contributed by atoms with van der Waals surface area (Å²) in [5, 5.41) is 11.0. The first kappa shape index (κ1) is 27.2. The number of allylic oxidation sites excluding steroid dienone is 4. The molecule has 204 valence electrons. The second-order valence-corrected chi connectivity index (χ2v) is 13.2. The van der Waals surface area contributed by atoms with Crippen LogP contribution in [-0.2, 0) is 9.53 Å². The first-order valence-corrected chi connectivity index (χ1v) is 14.6. The van der Waals surface area contributed by atoms with Crippen molar-refractivity contribution in [2.75, 3.05) is 25.2 Å². The summed E-state index contributed by atoms with van der Waals surface area (Å²) in [6.07, 6.45) is 13.7. The van der Waals surface area contributed by atoms with Gasteiger partial charge < -0.3 is 14.7 Å². The Labute approximate surface area is 229 Å². The highest BCUT2D eigenvalue weighted by molar-refractivity contribution is 5.93. The van der Waals surface area contributed by atoms with Gasteiger partial charge in [0.2, 0.25) is 0 Å². The quantitative estimate of drug-likeness (QED) is 0.470. The Morgan fingerprint density at radius 2 is 1.79 bits per heavy atom. The highest BCUT2D eigenvalue weighted by Gasteiger charge is 2.56. The van der Waals surface area contributed by atoms with Crippen LogP contribution in [0.25, 0.3) is 0 Å². The Morgan fingerprint density at radius 3 is 2.37 bits per heavy atom. The lowest BCUT2D eigenvalue weighted by Gasteiger charge is -2.52. The molecule has 0 amide bonds. The molecular weight excluding hydrogens is 470 g/mol. The van der Waals surface area contributed by atoms with Crippen molar-refractivity contribution in [2.24, 2.45) is 22.7 Å². The topological polar surface area (TPSA) is 49.8 Å². The summed E-state index contributed by atoms with van der Waals surface area (Å²) >= 11 is 0. The van der Waals surface area contributed by atoms with Crippen molar-refractivity contribution in [3.8, 4) is 12.3 Å². The van der Waals surface area contributed by atoms with Crippen LogP contribution in [0.4, 0.5) is 5.69 Å². The number of rotatable bonds is 3. The van der Waals surface area contributed by atoms with Gasteiger partial charge in [-0.15, -0.1) is 6.42 Å². The van der Waals surface area contributed by atoms with E-state index in [0.29, 0.717) is 36.0 Å². The third-order valence-corrected chi connectivity index (χ3v) is 10.3. The van der Waals surface area contributed by atoms with Crippen molar-refractivity contribution >= 4 is 11.5 Å². The van der Waals surface area contributed by atoms with Gasteiger partial charge in [-0.1, -0.05) is 30.6 Å². The molecule has 1 aromatic rings. The number of terminal acetylenes is 1. The largest absolute Gasteiger partial charge is 0.393 e. The lowest BCUT2D eigenvalue weighted by molar-refractivity contribution is -0.114. The van der Waals surface area contributed by atoms with Crippen LogP contribution in [0, 0.1) is 35.0 Å². The predicted octanol–water partition coefficient (Wildman–Crippen LogP) is 6.45. The van der Waals surface area contributed by atoms with E-state index in [4.69, 9.17) is 11.2 Å². The standard InChI is InChI=1S/C28H37NO2.C6H8O/c1-17(2)29(4)20-8-5-18(6-9-20)24-16-28(3)25(13-14-26(28)31)23-11-7-19-15-21(30)10-12-22(19)27(23)24;1-3-6(2)4-7-5-6/h5-6,8-9,15,17,23-26,31H,7,10-14,16H2,1-4H3;1H,4-5H2,2H3. The van der Waals surface area contributed by atoms with Crippen molar-refractivity contribution in [3.05, 3.63) is 52.6 Å². The average molecular weight is 516 g/mol. The van der Waals surface area contributed by atoms with Crippen LogP contribution in [0.1, 0.15) is 84.1 Å². The molecule has 1 saturated heterocycles. The molecule has 3 fully saturated rings. The molecule has 0 aromatic heterocycles. The third kappa shape index (κ3) is 4.78. The van der Waals surface area contributed by atoms with Gasteiger partial charge in [0.1, 0.15) is 0 Å². The Bertz CT molecular complexity index is 1170. The minimum Gasteiger partial charge on any atom is -0.393 e. The average Bonchev–Trinajstić information content (AvgIpc) is 3.20. The number of aliphatic hydroxyl groups is 1. The number of aliphatic hydroxyl groups excluding tert-OH is 1. The predicted molar refractivity (Wildman–Crippen MR) is 154 cm³/mol. The van der Waals surface area contributed by atoms with Gasteiger partial charge in [-0.2, -0.15) is 0 Å². The number of carbonyl (C=O) groups excluding carboxylic acids is 1. The molecular formula is C34H45NO3. The Morgan fingerprint density at radius 1 is 1.08 bits per heavy atom. The highest BCUT2D eigenvalue weighted by Crippen LogP contribution is 2.63. The number of hydrogen-bond acceptors (Lipinski definition) is 4. The normalized spacial score (nSPS) is 33.1. The molecule has 0 bridgehead atoms. The zero-order chi connectivity index (χ0) is 27.2. The van der Waals surface area contributed by atoms with Crippen molar-refractivity contribution in [2.45, 2.75) is 90.7 Å². The number of hydrogen-bond donors (Lipinski definition) is 1.